The van der Waals surface area contributed by atoms with Gasteiger partial charge in [-0.05, 0) is 47.8 Å². The summed E-state index contributed by atoms with van der Waals surface area (Å²) in [6.45, 7) is 6.95. The highest BCUT2D eigenvalue weighted by Crippen LogP contribution is 2.11. The molecule has 0 saturated carbocycles. The fourth-order valence-corrected chi connectivity index (χ4v) is 1.77. The standard InChI is InChI=1S/C12H18N6/c1-3-17(4-2)9-12-14-15-16-18(12)11-7-5-10(13)6-8-11/h5-8H,3-4,9,13H2,1-2H3. The maximum absolute atomic E-state index is 5.67. The van der Waals surface area contributed by atoms with E-state index in [1.807, 2.05) is 24.3 Å². The topological polar surface area (TPSA) is 72.9 Å². The van der Waals surface area contributed by atoms with Gasteiger partial charge in [0.25, 0.3) is 0 Å². The molecule has 1 aromatic carbocycles. The molecule has 0 aliphatic carbocycles. The van der Waals surface area contributed by atoms with Gasteiger partial charge in [0.15, 0.2) is 5.82 Å². The number of tetrazole rings is 1. The Morgan fingerprint density at radius 2 is 1.83 bits per heavy atom. The molecule has 0 amide bonds. The maximum Gasteiger partial charge on any atom is 0.170 e. The van der Waals surface area contributed by atoms with Crippen LogP contribution in [0.1, 0.15) is 19.7 Å². The lowest BCUT2D eigenvalue weighted by atomic mass is 10.3. The van der Waals surface area contributed by atoms with Crippen LogP contribution < -0.4 is 5.73 Å². The number of hydrogen-bond acceptors (Lipinski definition) is 5. The quantitative estimate of drug-likeness (QED) is 0.799. The summed E-state index contributed by atoms with van der Waals surface area (Å²) in [5, 5.41) is 11.9. The molecule has 96 valence electrons. The minimum absolute atomic E-state index is 0.733. The van der Waals surface area contributed by atoms with E-state index in [9.17, 15) is 0 Å². The molecule has 0 spiro atoms. The molecule has 0 aliphatic rings. The third-order valence-corrected chi connectivity index (χ3v) is 2.93. The van der Waals surface area contributed by atoms with Crippen molar-refractivity contribution in [2.45, 2.75) is 20.4 Å². The SMILES string of the molecule is CCN(CC)Cc1nnnn1-c1ccc(N)cc1. The second-order valence-electron chi connectivity index (χ2n) is 4.06. The highest BCUT2D eigenvalue weighted by molar-refractivity contribution is 5.44. The van der Waals surface area contributed by atoms with Crippen LogP contribution in [0.2, 0.25) is 0 Å². The maximum atomic E-state index is 5.67. The molecule has 0 radical (unpaired) electrons. The number of nitrogens with zero attached hydrogens (tertiary/aromatic N) is 5. The zero-order valence-corrected chi connectivity index (χ0v) is 10.7. The molecule has 6 heteroatoms. The number of rotatable bonds is 5. The Bertz CT molecular complexity index is 486. The highest BCUT2D eigenvalue weighted by atomic mass is 15.5. The van der Waals surface area contributed by atoms with Crippen LogP contribution in [0.5, 0.6) is 0 Å². The van der Waals surface area contributed by atoms with Gasteiger partial charge in [-0.25, -0.2) is 0 Å². The second-order valence-corrected chi connectivity index (χ2v) is 4.06. The van der Waals surface area contributed by atoms with Crippen LogP contribution in [0, 0.1) is 0 Å². The van der Waals surface area contributed by atoms with Gasteiger partial charge in [-0.15, -0.1) is 5.10 Å². The van der Waals surface area contributed by atoms with Gasteiger partial charge in [-0.3, -0.25) is 4.90 Å². The zero-order chi connectivity index (χ0) is 13.0. The third-order valence-electron chi connectivity index (χ3n) is 2.93. The van der Waals surface area contributed by atoms with Gasteiger partial charge in [-0.1, -0.05) is 13.8 Å². The monoisotopic (exact) mass is 246 g/mol. The van der Waals surface area contributed by atoms with E-state index >= 15 is 0 Å². The van der Waals surface area contributed by atoms with Crippen molar-refractivity contribution in [2.75, 3.05) is 18.8 Å². The Kier molecular flexibility index (Phi) is 3.88. The van der Waals surface area contributed by atoms with Gasteiger partial charge in [0.1, 0.15) is 0 Å². The molecule has 1 heterocycles. The minimum atomic E-state index is 0.733. The minimum Gasteiger partial charge on any atom is -0.399 e. The summed E-state index contributed by atoms with van der Waals surface area (Å²) in [5.41, 5.74) is 7.33. The molecule has 2 N–H and O–H groups in total. The number of benzene rings is 1. The Hall–Kier alpha value is -1.95. The van der Waals surface area contributed by atoms with E-state index in [0.717, 1.165) is 36.8 Å². The summed E-state index contributed by atoms with van der Waals surface area (Å²) in [7, 11) is 0. The molecular formula is C12H18N6. The normalized spacial score (nSPS) is 11.1. The molecule has 0 unspecified atom stereocenters. The van der Waals surface area contributed by atoms with Crippen molar-refractivity contribution in [3.63, 3.8) is 0 Å². The summed E-state index contributed by atoms with van der Waals surface area (Å²) >= 11 is 0. The number of nitrogen functional groups attached to an aromatic ring is 1. The van der Waals surface area contributed by atoms with Gasteiger partial charge < -0.3 is 5.73 Å². The Balaban J connectivity index is 2.24. The van der Waals surface area contributed by atoms with Crippen LogP contribution in [0.25, 0.3) is 5.69 Å². The van der Waals surface area contributed by atoms with E-state index in [1.165, 1.54) is 0 Å². The van der Waals surface area contributed by atoms with Crippen molar-refractivity contribution in [1.82, 2.24) is 25.1 Å². The highest BCUT2D eigenvalue weighted by Gasteiger charge is 2.11. The lowest BCUT2D eigenvalue weighted by molar-refractivity contribution is 0.285. The van der Waals surface area contributed by atoms with Crippen LogP contribution in [-0.2, 0) is 6.54 Å². The van der Waals surface area contributed by atoms with E-state index < -0.39 is 0 Å². The number of hydrogen-bond donors (Lipinski definition) is 1. The van der Waals surface area contributed by atoms with Crippen LogP contribution in [0.15, 0.2) is 24.3 Å². The average Bonchev–Trinajstić information content (AvgIpc) is 2.85. The van der Waals surface area contributed by atoms with Crippen LogP contribution >= 0.6 is 0 Å². The van der Waals surface area contributed by atoms with Crippen molar-refractivity contribution >= 4 is 5.69 Å². The molecular weight excluding hydrogens is 228 g/mol. The first-order valence-corrected chi connectivity index (χ1v) is 6.10. The van der Waals surface area contributed by atoms with Crippen LogP contribution in [0.3, 0.4) is 0 Å². The Morgan fingerprint density at radius 3 is 2.44 bits per heavy atom. The largest absolute Gasteiger partial charge is 0.399 e. The molecule has 0 saturated heterocycles. The number of anilines is 1. The summed E-state index contributed by atoms with van der Waals surface area (Å²) in [6.07, 6.45) is 0. The van der Waals surface area contributed by atoms with Crippen molar-refractivity contribution < 1.29 is 0 Å². The molecule has 0 fully saturated rings. The van der Waals surface area contributed by atoms with Gasteiger partial charge in [0, 0.05) is 5.69 Å². The first kappa shape index (κ1) is 12.5. The van der Waals surface area contributed by atoms with E-state index in [4.69, 9.17) is 5.73 Å². The van der Waals surface area contributed by atoms with Gasteiger partial charge in [0.2, 0.25) is 0 Å². The average molecular weight is 246 g/mol. The van der Waals surface area contributed by atoms with E-state index in [1.54, 1.807) is 4.68 Å². The van der Waals surface area contributed by atoms with Crippen molar-refractivity contribution in [1.29, 1.82) is 0 Å². The Labute approximate surface area is 106 Å². The predicted molar refractivity (Wildman–Crippen MR) is 70.2 cm³/mol. The lowest BCUT2D eigenvalue weighted by Gasteiger charge is -2.16. The molecule has 1 aromatic heterocycles. The fraction of sp³-hybridized carbons (Fsp3) is 0.417. The summed E-state index contributed by atoms with van der Waals surface area (Å²) in [6, 6.07) is 7.52. The predicted octanol–water partition coefficient (Wildman–Crippen LogP) is 1.09. The Morgan fingerprint density at radius 1 is 1.17 bits per heavy atom. The van der Waals surface area contributed by atoms with Gasteiger partial charge in [0.05, 0.1) is 12.2 Å². The van der Waals surface area contributed by atoms with Crippen molar-refractivity contribution in [3.05, 3.63) is 30.1 Å². The van der Waals surface area contributed by atoms with Crippen LogP contribution in [-0.4, -0.2) is 38.2 Å². The molecule has 18 heavy (non-hydrogen) atoms. The molecule has 0 aliphatic heterocycles. The fourth-order valence-electron chi connectivity index (χ4n) is 1.77. The van der Waals surface area contributed by atoms with E-state index in [-0.39, 0.29) is 0 Å². The molecule has 0 atom stereocenters. The first-order chi connectivity index (χ1) is 8.74. The summed E-state index contributed by atoms with van der Waals surface area (Å²) < 4.78 is 1.75. The first-order valence-electron chi connectivity index (χ1n) is 6.10. The van der Waals surface area contributed by atoms with E-state index in [0.29, 0.717) is 0 Å². The molecule has 2 rings (SSSR count). The summed E-state index contributed by atoms with van der Waals surface area (Å²) in [5.74, 6) is 0.837. The smallest absolute Gasteiger partial charge is 0.170 e. The van der Waals surface area contributed by atoms with Gasteiger partial charge in [-0.2, -0.15) is 4.68 Å². The number of nitrogens with two attached hydrogens (primary N) is 1. The molecule has 6 nitrogen and oxygen atoms in total. The number of aromatic nitrogens is 4. The van der Waals surface area contributed by atoms with Gasteiger partial charge >= 0.3 is 0 Å². The summed E-state index contributed by atoms with van der Waals surface area (Å²) in [4.78, 5) is 2.26. The van der Waals surface area contributed by atoms with E-state index in [2.05, 4.69) is 34.3 Å². The second kappa shape index (κ2) is 5.59. The third kappa shape index (κ3) is 2.65. The van der Waals surface area contributed by atoms with Crippen molar-refractivity contribution in [3.8, 4) is 5.69 Å². The molecule has 2 aromatic rings. The van der Waals surface area contributed by atoms with Crippen molar-refractivity contribution in [2.24, 2.45) is 0 Å². The molecule has 0 bridgehead atoms. The van der Waals surface area contributed by atoms with Crippen LogP contribution in [0.4, 0.5) is 5.69 Å². The zero-order valence-electron chi connectivity index (χ0n) is 10.7. The lowest BCUT2D eigenvalue weighted by Crippen LogP contribution is -2.24.